The molecular weight excluding hydrogens is 1630 g/mol. The fraction of sp³-hybridized carbons (Fsp3) is 0.618. The minimum atomic E-state index is -4.20. The largest absolute Gasteiger partial charge is 0.495 e. The van der Waals surface area contributed by atoms with Gasteiger partial charge in [0.25, 0.3) is 0 Å². The molecule has 9 saturated heterocycles. The van der Waals surface area contributed by atoms with Crippen LogP contribution in [0.4, 0.5) is 67.6 Å². The number of alkyl halides is 3. The first-order valence-corrected chi connectivity index (χ1v) is 39.8. The highest BCUT2D eigenvalue weighted by atomic mass is 127. The van der Waals surface area contributed by atoms with Gasteiger partial charge in [-0.2, -0.15) is 31.1 Å². The molecule has 0 spiro atoms. The Morgan fingerprint density at radius 1 is 0.542 bits per heavy atom. The summed E-state index contributed by atoms with van der Waals surface area (Å²) in [6.07, 6.45) is 3.67. The van der Waals surface area contributed by atoms with Gasteiger partial charge in [0.2, 0.25) is 5.95 Å². The van der Waals surface area contributed by atoms with E-state index in [1.807, 2.05) is 62.6 Å². The summed E-state index contributed by atoms with van der Waals surface area (Å²) in [4.78, 5) is 49.0. The second-order valence-electron chi connectivity index (χ2n) is 29.4. The first-order valence-electron chi connectivity index (χ1n) is 37.6. The summed E-state index contributed by atoms with van der Waals surface area (Å²) in [5, 5.41) is 13.1. The Labute approximate surface area is 663 Å². The summed E-state index contributed by atoms with van der Waals surface area (Å²) >= 11 is 4.45. The van der Waals surface area contributed by atoms with Gasteiger partial charge >= 0.3 is 25.4 Å². The van der Waals surface area contributed by atoms with E-state index in [-0.39, 0.29) is 26.1 Å². The molecule has 6 N–H and O–H groups in total. The van der Waals surface area contributed by atoms with E-state index in [2.05, 4.69) is 131 Å². The van der Waals surface area contributed by atoms with Crippen LogP contribution in [0.1, 0.15) is 110 Å². The number of halogens is 6. The van der Waals surface area contributed by atoms with Crippen molar-refractivity contribution in [2.45, 2.75) is 148 Å². The third-order valence-electron chi connectivity index (χ3n) is 20.8. The number of likely N-dealkylation sites (tertiary alicyclic amines) is 2. The number of rotatable bonds is 13. The van der Waals surface area contributed by atoms with Crippen LogP contribution >= 0.6 is 58.7 Å². The van der Waals surface area contributed by atoms with Crippen molar-refractivity contribution < 1.29 is 64.9 Å². The molecule has 9 aliphatic heterocycles. The normalized spacial score (nSPS) is 21.3. The number of aryl methyl sites for hydroxylation is 2. The van der Waals surface area contributed by atoms with Gasteiger partial charge in [-0.25, -0.2) is 24.5 Å². The van der Waals surface area contributed by atoms with Crippen molar-refractivity contribution in [3.8, 4) is 11.1 Å². The number of nitrogens with one attached hydrogen (secondary N) is 4. The summed E-state index contributed by atoms with van der Waals surface area (Å²) < 4.78 is 97.2. The number of aromatic nitrogens is 3. The van der Waals surface area contributed by atoms with Gasteiger partial charge in [-0.1, -0.05) is 31.0 Å². The zero-order valence-corrected chi connectivity index (χ0v) is 68.3. The van der Waals surface area contributed by atoms with Gasteiger partial charge in [0.05, 0.1) is 50.8 Å². The number of ether oxygens (including phenoxy) is 6. The molecule has 0 saturated carbocycles. The molecule has 5 aromatic rings. The summed E-state index contributed by atoms with van der Waals surface area (Å²) in [5.74, 6) is 4.23. The lowest BCUT2D eigenvalue weighted by molar-refractivity contribution is -0.143. The van der Waals surface area contributed by atoms with Crippen LogP contribution in [0, 0.1) is 38.8 Å². The minimum Gasteiger partial charge on any atom is -0.399 e. The third-order valence-corrected chi connectivity index (χ3v) is 22.1. The van der Waals surface area contributed by atoms with Crippen LogP contribution in [-0.2, 0) is 37.7 Å². The SMILES string of the molecule is CC[C@@H]1CCN(C(=O)Nc2ccc(C)c(-c3cc(NC4CCOCC4)nc(N4CCOCC4)c3)c2)C1.Cc1ccc(NC(=O)N2CC[C@@H](CC(F)(F)F)C2)cc1B1OC(C)(C)C(C)(C)O1.Fc1cc(I)cc(N2CCOCC2)n1.Ic1cc(NC2CCOCC2)nc(N2CCOCC2)c1.NC1CCOCC1.S. The number of carbonyl (C=O) groups excluding carboxylic acids is 2. The molecular formula is C76H110BF4I2N13O10S. The Kier molecular flexibility index (Phi) is 33.0. The molecule has 0 radical (unpaired) electrons. The van der Waals surface area contributed by atoms with Gasteiger partial charge in [-0.05, 0) is 227 Å². The Morgan fingerprint density at radius 2 is 0.963 bits per heavy atom. The van der Waals surface area contributed by atoms with E-state index in [0.717, 1.165) is 217 Å². The molecule has 14 rings (SSSR count). The van der Waals surface area contributed by atoms with Crippen molar-refractivity contribution in [3.63, 3.8) is 0 Å². The van der Waals surface area contributed by atoms with E-state index in [4.69, 9.17) is 53.4 Å². The van der Waals surface area contributed by atoms with Crippen molar-refractivity contribution in [2.24, 2.45) is 17.6 Å². The summed E-state index contributed by atoms with van der Waals surface area (Å²) in [5.41, 5.74) is 11.1. The highest BCUT2D eigenvalue weighted by Gasteiger charge is 2.52. The average Bonchev–Trinajstić information content (AvgIpc) is 1.62. The van der Waals surface area contributed by atoms with Gasteiger partial charge in [0.15, 0.2) is 0 Å². The van der Waals surface area contributed by atoms with Gasteiger partial charge in [-0.3, -0.25) is 0 Å². The van der Waals surface area contributed by atoms with E-state index < -0.39 is 48.8 Å². The van der Waals surface area contributed by atoms with Crippen molar-refractivity contribution in [1.29, 1.82) is 0 Å². The lowest BCUT2D eigenvalue weighted by Gasteiger charge is -2.32. The van der Waals surface area contributed by atoms with Gasteiger partial charge in [0.1, 0.15) is 29.1 Å². The van der Waals surface area contributed by atoms with Crippen LogP contribution in [0.3, 0.4) is 0 Å². The quantitative estimate of drug-likeness (QED) is 0.0319. The maximum absolute atomic E-state index is 13.0. The number of urea groups is 2. The predicted molar refractivity (Wildman–Crippen MR) is 436 cm³/mol. The number of hydrogen-bond donors (Lipinski definition) is 5. The standard InChI is InChI=1S/C28H39N5O3.C20H28BF3N2O3.C14H20IN3O2.C9H10FIN2O.C5H11NO.H2S/c1-3-21-6-9-33(19-21)28(34)30-24-5-4-20(2)25(18-24)22-16-26(29-23-7-12-35-13-8-23)31-27(17-22)32-10-14-36-15-11-32;1-13-6-7-15(10-16(13)21-28-18(2,3)19(4,5)29-21)25-17(27)26-9-8-14(12-26)11-20(22,23)24;15-11-9-13(16-12-1-5-19-6-2-12)17-14(10-11)18-3-7-20-8-4-18;10-8-5-7(11)6-9(12-8)13-1-3-14-4-2-13;6-5-1-3-7-4-2-5;/h4-5,16-18,21,23H,3,6-15,19H2,1-2H3,(H,29,31)(H,30,34);6-7,10,14H,8-9,11-12H2,1-5H3,(H,25,27);9-10,12H,1-8H2,(H,16,17);5-6H,1-4H2;5H,1-4,6H2;1H2/t21-;14-;;;;/m10..../s1. The molecule has 0 unspecified atom stereocenters. The third kappa shape index (κ3) is 26.4. The van der Waals surface area contributed by atoms with E-state index in [0.29, 0.717) is 74.9 Å². The number of benzene rings is 2. The number of anilines is 7. The molecule has 4 amide bonds. The number of hydrogen-bond acceptors (Lipinski definition) is 19. The smallest absolute Gasteiger partial charge is 0.399 e. The van der Waals surface area contributed by atoms with Gasteiger partial charge < -0.3 is 89.2 Å². The Balaban J connectivity index is 0.000000166. The highest BCUT2D eigenvalue weighted by Crippen LogP contribution is 2.38. The lowest BCUT2D eigenvalue weighted by atomic mass is 9.76. The number of amides is 4. The summed E-state index contributed by atoms with van der Waals surface area (Å²) in [7, 11) is -0.556. The number of carbonyl (C=O) groups is 2. The van der Waals surface area contributed by atoms with Crippen molar-refractivity contribution >= 4 is 124 Å². The first kappa shape index (κ1) is 85.7. The molecule has 2 aromatic carbocycles. The zero-order chi connectivity index (χ0) is 75.4. The van der Waals surface area contributed by atoms with Gasteiger partial charge in [0, 0.05) is 154 Å². The number of nitrogens with two attached hydrogens (primary N) is 1. The molecule has 23 nitrogen and oxygen atoms in total. The highest BCUT2D eigenvalue weighted by molar-refractivity contribution is 14.1. The molecule has 2 atom stereocenters. The van der Waals surface area contributed by atoms with Crippen LogP contribution in [0.2, 0.25) is 0 Å². The zero-order valence-electron chi connectivity index (χ0n) is 63.0. The second kappa shape index (κ2) is 41.3. The fourth-order valence-electron chi connectivity index (χ4n) is 13.7. The molecule has 107 heavy (non-hydrogen) atoms. The van der Waals surface area contributed by atoms with Crippen LogP contribution in [0.15, 0.2) is 72.8 Å². The minimum absolute atomic E-state index is 0. The van der Waals surface area contributed by atoms with E-state index in [1.165, 1.54) is 14.5 Å². The molecule has 9 fully saturated rings. The van der Waals surface area contributed by atoms with Crippen molar-refractivity contribution in [2.75, 3.05) is 181 Å². The molecule has 12 heterocycles. The molecule has 31 heteroatoms. The maximum atomic E-state index is 13.0. The first-order chi connectivity index (χ1) is 50.8. The average molecular weight is 1740 g/mol. The lowest BCUT2D eigenvalue weighted by Crippen LogP contribution is -2.41. The monoisotopic (exact) mass is 1740 g/mol. The van der Waals surface area contributed by atoms with E-state index >= 15 is 0 Å². The predicted octanol–water partition coefficient (Wildman–Crippen LogP) is 12.9. The fourth-order valence-corrected chi connectivity index (χ4v) is 14.8. The van der Waals surface area contributed by atoms with Crippen molar-refractivity contribution in [3.05, 3.63) is 97.0 Å². The molecule has 590 valence electrons. The molecule has 0 bridgehead atoms. The van der Waals surface area contributed by atoms with Gasteiger partial charge in [-0.15, -0.1) is 0 Å². The van der Waals surface area contributed by atoms with E-state index in [9.17, 15) is 27.2 Å². The summed E-state index contributed by atoms with van der Waals surface area (Å²) in [6.45, 7) is 30.7. The number of pyridine rings is 3. The molecule has 0 aliphatic carbocycles. The van der Waals surface area contributed by atoms with E-state index in [1.54, 1.807) is 12.1 Å². The molecule has 9 aliphatic rings. The van der Waals surface area contributed by atoms with Crippen LogP contribution in [0.25, 0.3) is 11.1 Å². The summed E-state index contributed by atoms with van der Waals surface area (Å²) in [6, 6.07) is 24.3. The van der Waals surface area contributed by atoms with Crippen LogP contribution in [0.5, 0.6) is 0 Å². The Morgan fingerprint density at radius 3 is 1.42 bits per heavy atom. The maximum Gasteiger partial charge on any atom is 0.495 e. The van der Waals surface area contributed by atoms with Crippen LogP contribution < -0.4 is 47.2 Å². The van der Waals surface area contributed by atoms with Crippen molar-refractivity contribution in [1.82, 2.24) is 24.8 Å². The topological polar surface area (TPSA) is 237 Å². The number of morpholine rings is 3. The molecule has 3 aromatic heterocycles. The number of nitrogens with zero attached hydrogens (tertiary/aromatic N) is 8. The Bertz CT molecular complexity index is 3590. The van der Waals surface area contributed by atoms with Crippen LogP contribution in [-0.4, -0.2) is 224 Å². The Hall–Kier alpha value is -5.34. The second-order valence-corrected chi connectivity index (χ2v) is 31.9.